The van der Waals surface area contributed by atoms with Gasteiger partial charge >= 0.3 is 0 Å². The molecule has 182 valence electrons. The van der Waals surface area contributed by atoms with Gasteiger partial charge in [-0.15, -0.1) is 0 Å². The first-order chi connectivity index (χ1) is 14.8. The summed E-state index contributed by atoms with van der Waals surface area (Å²) in [5, 5.41) is 29.1. The van der Waals surface area contributed by atoms with Crippen molar-refractivity contribution in [2.45, 2.75) is 84.5 Å². The molecule has 0 aliphatic heterocycles. The zero-order chi connectivity index (χ0) is 23.1. The van der Waals surface area contributed by atoms with Crippen molar-refractivity contribution in [1.29, 1.82) is 0 Å². The highest BCUT2D eigenvalue weighted by Crippen LogP contribution is 2.24. The van der Waals surface area contributed by atoms with Gasteiger partial charge in [-0.2, -0.15) is 0 Å². The first-order valence-electron chi connectivity index (χ1n) is 12.1. The fourth-order valence-corrected chi connectivity index (χ4v) is 3.66. The maximum absolute atomic E-state index is 11.7. The summed E-state index contributed by atoms with van der Waals surface area (Å²) >= 11 is 0. The number of aliphatic hydroxyl groups excluding tert-OH is 2. The largest absolute Gasteiger partial charge is 0.390 e. The summed E-state index contributed by atoms with van der Waals surface area (Å²) in [6.45, 7) is 11.1. The predicted octanol–water partition coefficient (Wildman–Crippen LogP) is 2.18. The molecule has 0 aromatic carbocycles. The molecular formula is C24H47N3O4. The monoisotopic (exact) mass is 441 g/mol. The van der Waals surface area contributed by atoms with E-state index in [1.807, 2.05) is 0 Å². The van der Waals surface area contributed by atoms with Crippen LogP contribution in [0.2, 0.25) is 0 Å². The molecule has 1 amide bonds. The van der Waals surface area contributed by atoms with E-state index < -0.39 is 6.10 Å². The van der Waals surface area contributed by atoms with E-state index in [0.717, 1.165) is 45.2 Å². The number of amides is 1. The molecule has 31 heavy (non-hydrogen) atoms. The summed E-state index contributed by atoms with van der Waals surface area (Å²) in [5.41, 5.74) is 0. The first kappa shape index (κ1) is 28.0. The van der Waals surface area contributed by atoms with Crippen LogP contribution in [0.15, 0.2) is 12.2 Å². The van der Waals surface area contributed by atoms with Crippen molar-refractivity contribution in [3.05, 3.63) is 12.2 Å². The van der Waals surface area contributed by atoms with Crippen LogP contribution >= 0.6 is 0 Å². The maximum Gasteiger partial charge on any atom is 0.220 e. The molecule has 1 rings (SSSR count). The lowest BCUT2D eigenvalue weighted by Crippen LogP contribution is -2.46. The molecule has 1 aliphatic rings. The third kappa shape index (κ3) is 13.9. The molecule has 0 unspecified atom stereocenters. The van der Waals surface area contributed by atoms with Gasteiger partial charge in [-0.05, 0) is 56.4 Å². The summed E-state index contributed by atoms with van der Waals surface area (Å²) in [7, 11) is 0. The van der Waals surface area contributed by atoms with Crippen LogP contribution in [0.4, 0.5) is 0 Å². The van der Waals surface area contributed by atoms with E-state index in [0.29, 0.717) is 37.3 Å². The third-order valence-electron chi connectivity index (χ3n) is 5.63. The number of carbonyl (C=O) groups is 1. The minimum absolute atomic E-state index is 0.0937. The highest BCUT2D eigenvalue weighted by atomic mass is 16.5. The van der Waals surface area contributed by atoms with Crippen LogP contribution in [0, 0.1) is 17.8 Å². The Bertz CT molecular complexity index is 499. The smallest absolute Gasteiger partial charge is 0.220 e. The van der Waals surface area contributed by atoms with Crippen LogP contribution in [0.1, 0.15) is 66.2 Å². The minimum atomic E-state index is -0.538. The lowest BCUT2D eigenvalue weighted by atomic mass is 9.87. The van der Waals surface area contributed by atoms with Gasteiger partial charge in [0.05, 0.1) is 18.9 Å². The second kappa shape index (κ2) is 16.6. The Morgan fingerprint density at radius 2 is 1.90 bits per heavy atom. The van der Waals surface area contributed by atoms with E-state index in [1.54, 1.807) is 0 Å². The van der Waals surface area contributed by atoms with Gasteiger partial charge < -0.3 is 25.6 Å². The maximum atomic E-state index is 11.7. The SMILES string of the molecule is CC(C)CCNC[C@@H](O)[C@@H](C[C@@H]1C=C[C@H](OCCCC(=O)NCC(C)C)CC1)NCO. The van der Waals surface area contributed by atoms with Crippen LogP contribution < -0.4 is 16.0 Å². The van der Waals surface area contributed by atoms with Crippen LogP contribution in [-0.2, 0) is 9.53 Å². The van der Waals surface area contributed by atoms with Crippen molar-refractivity contribution < 1.29 is 19.7 Å². The van der Waals surface area contributed by atoms with Gasteiger partial charge in [0.15, 0.2) is 0 Å². The number of aliphatic hydroxyl groups is 2. The molecule has 5 N–H and O–H groups in total. The standard InChI is InChI=1S/C24H47N3O4/c1-18(2)11-12-25-16-23(29)22(27-17-28)14-20-7-9-21(10-8-20)31-13-5-6-24(30)26-15-19(3)4/h7,9,18-23,25,27-29H,5-6,8,10-17H2,1-4H3,(H,26,30)/t20-,21+,22-,23-/m1/s1. The molecule has 0 fully saturated rings. The topological polar surface area (TPSA) is 103 Å². The molecule has 0 spiro atoms. The lowest BCUT2D eigenvalue weighted by Gasteiger charge is -2.29. The summed E-state index contributed by atoms with van der Waals surface area (Å²) < 4.78 is 5.91. The van der Waals surface area contributed by atoms with Crippen molar-refractivity contribution in [3.63, 3.8) is 0 Å². The van der Waals surface area contributed by atoms with Gasteiger partial charge in [0.25, 0.3) is 0 Å². The Balaban J connectivity index is 2.27. The minimum Gasteiger partial charge on any atom is -0.390 e. The normalized spacial score (nSPS) is 20.9. The zero-order valence-electron chi connectivity index (χ0n) is 20.1. The Morgan fingerprint density at radius 1 is 1.13 bits per heavy atom. The zero-order valence-corrected chi connectivity index (χ0v) is 20.1. The van der Waals surface area contributed by atoms with Gasteiger partial charge in [-0.1, -0.05) is 39.8 Å². The lowest BCUT2D eigenvalue weighted by molar-refractivity contribution is -0.121. The Morgan fingerprint density at radius 3 is 2.52 bits per heavy atom. The molecular weight excluding hydrogens is 394 g/mol. The Kier molecular flexibility index (Phi) is 15.0. The van der Waals surface area contributed by atoms with Gasteiger partial charge in [0.1, 0.15) is 0 Å². The first-order valence-corrected chi connectivity index (χ1v) is 12.1. The summed E-state index contributed by atoms with van der Waals surface area (Å²) in [5.74, 6) is 1.56. The quantitative estimate of drug-likeness (QED) is 0.135. The van der Waals surface area contributed by atoms with E-state index in [9.17, 15) is 15.0 Å². The predicted molar refractivity (Wildman–Crippen MR) is 126 cm³/mol. The van der Waals surface area contributed by atoms with Crippen LogP contribution in [-0.4, -0.2) is 67.3 Å². The number of allylic oxidation sites excluding steroid dienone is 1. The second-order valence-corrected chi connectivity index (χ2v) is 9.59. The fourth-order valence-electron chi connectivity index (χ4n) is 3.66. The number of carbonyl (C=O) groups excluding carboxylic acids is 1. The number of nitrogens with one attached hydrogen (secondary N) is 3. The second-order valence-electron chi connectivity index (χ2n) is 9.59. The number of rotatable bonds is 17. The highest BCUT2D eigenvalue weighted by molar-refractivity contribution is 5.75. The molecule has 0 saturated heterocycles. The molecule has 0 aromatic heterocycles. The van der Waals surface area contributed by atoms with E-state index in [1.165, 1.54) is 0 Å². The van der Waals surface area contributed by atoms with Crippen molar-refractivity contribution in [2.75, 3.05) is 33.0 Å². The molecule has 7 nitrogen and oxygen atoms in total. The molecule has 0 radical (unpaired) electrons. The molecule has 0 bridgehead atoms. The Labute approximate surface area is 189 Å². The molecule has 0 aromatic rings. The number of hydrogen-bond acceptors (Lipinski definition) is 6. The van der Waals surface area contributed by atoms with E-state index >= 15 is 0 Å². The van der Waals surface area contributed by atoms with Crippen molar-refractivity contribution >= 4 is 5.91 Å². The highest BCUT2D eigenvalue weighted by Gasteiger charge is 2.24. The summed E-state index contributed by atoms with van der Waals surface area (Å²) in [4.78, 5) is 11.7. The van der Waals surface area contributed by atoms with Crippen molar-refractivity contribution in [3.8, 4) is 0 Å². The number of ether oxygens (including phenoxy) is 1. The fraction of sp³-hybridized carbons (Fsp3) is 0.875. The van der Waals surface area contributed by atoms with E-state index in [-0.39, 0.29) is 24.8 Å². The van der Waals surface area contributed by atoms with E-state index in [4.69, 9.17) is 4.74 Å². The molecule has 4 atom stereocenters. The number of hydrogen-bond donors (Lipinski definition) is 5. The van der Waals surface area contributed by atoms with Gasteiger partial charge in [0.2, 0.25) is 5.91 Å². The average Bonchev–Trinajstić information content (AvgIpc) is 2.73. The van der Waals surface area contributed by atoms with Crippen LogP contribution in [0.25, 0.3) is 0 Å². The van der Waals surface area contributed by atoms with E-state index in [2.05, 4.69) is 55.8 Å². The summed E-state index contributed by atoms with van der Waals surface area (Å²) in [6.07, 6.45) is 8.88. The van der Waals surface area contributed by atoms with Crippen LogP contribution in [0.3, 0.4) is 0 Å². The molecule has 7 heteroatoms. The molecule has 0 heterocycles. The van der Waals surface area contributed by atoms with Gasteiger partial charge in [-0.3, -0.25) is 10.1 Å². The Hall–Kier alpha value is -0.990. The third-order valence-corrected chi connectivity index (χ3v) is 5.63. The van der Waals surface area contributed by atoms with Gasteiger partial charge in [0, 0.05) is 32.2 Å². The van der Waals surface area contributed by atoms with Crippen molar-refractivity contribution in [1.82, 2.24) is 16.0 Å². The van der Waals surface area contributed by atoms with Gasteiger partial charge in [-0.25, -0.2) is 0 Å². The molecule has 0 saturated carbocycles. The average molecular weight is 442 g/mol. The summed E-state index contributed by atoms with van der Waals surface area (Å²) in [6, 6.07) is -0.145. The van der Waals surface area contributed by atoms with Crippen molar-refractivity contribution in [2.24, 2.45) is 17.8 Å². The molecule has 1 aliphatic carbocycles. The van der Waals surface area contributed by atoms with Crippen LogP contribution in [0.5, 0.6) is 0 Å².